The van der Waals surface area contributed by atoms with Crippen LogP contribution < -0.4 is 20.9 Å². The lowest BCUT2D eigenvalue weighted by Gasteiger charge is -2.12. The number of hydrogen-bond donors (Lipinski definition) is 3. The van der Waals surface area contributed by atoms with Gasteiger partial charge in [-0.15, -0.1) is 0 Å². The highest BCUT2D eigenvalue weighted by molar-refractivity contribution is 6.31. The van der Waals surface area contributed by atoms with E-state index in [-0.39, 0.29) is 18.0 Å². The van der Waals surface area contributed by atoms with Gasteiger partial charge in [0.25, 0.3) is 0 Å². The number of carbonyl (C=O) groups excluding carboxylic acids is 1. The largest absolute Gasteiger partial charge is 0.494 e. The van der Waals surface area contributed by atoms with E-state index in [0.29, 0.717) is 18.1 Å². The number of benzene rings is 2. The number of hydrogen-bond acceptors (Lipinski definition) is 4. The molecule has 1 aliphatic rings. The molecule has 2 unspecified atom stereocenters. The standard InChI is InChI=1S/C18H20ClN3O2/c1-2-24-13-9-7-12(8-10-13)20-18(23)17-11-16(21-22-17)14-5-3-4-6-15(14)19/h3-10,16-17,21-22H,2,11H2,1H3,(H,20,23). The quantitative estimate of drug-likeness (QED) is 0.778. The molecule has 0 radical (unpaired) electrons. The van der Waals surface area contributed by atoms with Crippen LogP contribution >= 0.6 is 11.6 Å². The summed E-state index contributed by atoms with van der Waals surface area (Å²) in [6.45, 7) is 2.55. The maximum atomic E-state index is 12.4. The Labute approximate surface area is 146 Å². The SMILES string of the molecule is CCOc1ccc(NC(=O)C2CC(c3ccccc3Cl)NN2)cc1. The molecular weight excluding hydrogens is 326 g/mol. The van der Waals surface area contributed by atoms with Crippen LogP contribution in [0.3, 0.4) is 0 Å². The monoisotopic (exact) mass is 345 g/mol. The molecule has 2 aromatic rings. The van der Waals surface area contributed by atoms with E-state index in [1.165, 1.54) is 0 Å². The fourth-order valence-corrected chi connectivity index (χ4v) is 2.99. The van der Waals surface area contributed by atoms with Crippen molar-refractivity contribution in [1.82, 2.24) is 10.9 Å². The Morgan fingerprint density at radius 2 is 1.96 bits per heavy atom. The molecule has 2 atom stereocenters. The van der Waals surface area contributed by atoms with E-state index in [1.54, 1.807) is 0 Å². The first kappa shape index (κ1) is 16.8. The topological polar surface area (TPSA) is 62.4 Å². The average Bonchev–Trinajstić information content (AvgIpc) is 3.07. The van der Waals surface area contributed by atoms with Crippen molar-refractivity contribution in [3.63, 3.8) is 0 Å². The van der Waals surface area contributed by atoms with Crippen LogP contribution in [0, 0.1) is 0 Å². The molecule has 2 aromatic carbocycles. The zero-order chi connectivity index (χ0) is 16.9. The van der Waals surface area contributed by atoms with Crippen LogP contribution in [0.1, 0.15) is 24.9 Å². The molecule has 0 saturated carbocycles. The van der Waals surface area contributed by atoms with Crippen LogP contribution in [0.25, 0.3) is 0 Å². The van der Waals surface area contributed by atoms with E-state index in [0.717, 1.165) is 17.0 Å². The van der Waals surface area contributed by atoms with Crippen LogP contribution in [-0.4, -0.2) is 18.6 Å². The Morgan fingerprint density at radius 1 is 1.21 bits per heavy atom. The lowest BCUT2D eigenvalue weighted by Crippen LogP contribution is -2.39. The molecule has 1 aliphatic heterocycles. The van der Waals surface area contributed by atoms with Gasteiger partial charge in [-0.1, -0.05) is 29.8 Å². The molecule has 0 aliphatic carbocycles. The van der Waals surface area contributed by atoms with Gasteiger partial charge in [0.2, 0.25) is 5.91 Å². The van der Waals surface area contributed by atoms with Crippen molar-refractivity contribution >= 4 is 23.2 Å². The Balaban J connectivity index is 1.59. The predicted molar refractivity (Wildman–Crippen MR) is 95.1 cm³/mol. The van der Waals surface area contributed by atoms with Crippen molar-refractivity contribution in [2.45, 2.75) is 25.4 Å². The molecule has 3 N–H and O–H groups in total. The van der Waals surface area contributed by atoms with Crippen molar-refractivity contribution in [2.24, 2.45) is 0 Å². The number of halogens is 1. The van der Waals surface area contributed by atoms with Crippen LogP contribution in [0.2, 0.25) is 5.02 Å². The molecule has 1 amide bonds. The zero-order valence-corrected chi connectivity index (χ0v) is 14.1. The number of nitrogens with one attached hydrogen (secondary N) is 3. The van der Waals surface area contributed by atoms with Gasteiger partial charge >= 0.3 is 0 Å². The number of hydrazine groups is 1. The van der Waals surface area contributed by atoms with Crippen molar-refractivity contribution in [2.75, 3.05) is 11.9 Å². The minimum absolute atomic E-state index is 0.00906. The summed E-state index contributed by atoms with van der Waals surface area (Å²) in [7, 11) is 0. The number of amides is 1. The van der Waals surface area contributed by atoms with E-state index in [1.807, 2.05) is 55.5 Å². The fourth-order valence-electron chi connectivity index (χ4n) is 2.72. The van der Waals surface area contributed by atoms with E-state index >= 15 is 0 Å². The number of rotatable bonds is 5. The molecule has 126 valence electrons. The minimum atomic E-state index is -0.321. The van der Waals surface area contributed by atoms with Gasteiger partial charge in [-0.05, 0) is 49.2 Å². The molecule has 0 spiro atoms. The Bertz CT molecular complexity index is 706. The molecule has 1 saturated heterocycles. The smallest absolute Gasteiger partial charge is 0.242 e. The van der Waals surface area contributed by atoms with E-state index in [4.69, 9.17) is 16.3 Å². The third-order valence-electron chi connectivity index (χ3n) is 3.93. The first-order chi connectivity index (χ1) is 11.7. The van der Waals surface area contributed by atoms with Crippen LogP contribution in [0.5, 0.6) is 5.75 Å². The average molecular weight is 346 g/mol. The molecule has 3 rings (SSSR count). The Kier molecular flexibility index (Phi) is 5.35. The van der Waals surface area contributed by atoms with Gasteiger partial charge < -0.3 is 10.1 Å². The van der Waals surface area contributed by atoms with Gasteiger partial charge in [-0.3, -0.25) is 4.79 Å². The van der Waals surface area contributed by atoms with Gasteiger partial charge in [0.05, 0.1) is 6.61 Å². The summed E-state index contributed by atoms with van der Waals surface area (Å²) in [5, 5.41) is 3.61. The lowest BCUT2D eigenvalue weighted by atomic mass is 10.0. The van der Waals surface area contributed by atoms with Crippen LogP contribution in [0.15, 0.2) is 48.5 Å². The molecule has 0 bridgehead atoms. The normalized spacial score (nSPS) is 19.9. The molecule has 6 heteroatoms. The molecule has 5 nitrogen and oxygen atoms in total. The summed E-state index contributed by atoms with van der Waals surface area (Å²) in [6, 6.07) is 14.7. The second kappa shape index (κ2) is 7.66. The van der Waals surface area contributed by atoms with Gasteiger partial charge in [0.1, 0.15) is 11.8 Å². The Morgan fingerprint density at radius 3 is 2.67 bits per heavy atom. The summed E-state index contributed by atoms with van der Waals surface area (Å²) in [6.07, 6.45) is 0.632. The summed E-state index contributed by atoms with van der Waals surface area (Å²) in [4.78, 5) is 12.4. The Hall–Kier alpha value is -2.08. The fraction of sp³-hybridized carbons (Fsp3) is 0.278. The summed E-state index contributed by atoms with van der Waals surface area (Å²) in [5.74, 6) is 0.705. The molecule has 1 heterocycles. The highest BCUT2D eigenvalue weighted by atomic mass is 35.5. The summed E-state index contributed by atoms with van der Waals surface area (Å²) < 4.78 is 5.39. The van der Waals surface area contributed by atoms with Crippen molar-refractivity contribution in [3.8, 4) is 5.75 Å². The third-order valence-corrected chi connectivity index (χ3v) is 4.28. The third kappa shape index (κ3) is 3.87. The van der Waals surface area contributed by atoms with Crippen molar-refractivity contribution < 1.29 is 9.53 Å². The second-order valence-corrected chi connectivity index (χ2v) is 6.00. The molecular formula is C18H20ClN3O2. The highest BCUT2D eigenvalue weighted by Gasteiger charge is 2.31. The van der Waals surface area contributed by atoms with Gasteiger partial charge in [0.15, 0.2) is 0 Å². The van der Waals surface area contributed by atoms with Crippen molar-refractivity contribution in [1.29, 1.82) is 0 Å². The number of anilines is 1. The molecule has 0 aromatic heterocycles. The van der Waals surface area contributed by atoms with E-state index in [2.05, 4.69) is 16.2 Å². The minimum Gasteiger partial charge on any atom is -0.494 e. The number of ether oxygens (including phenoxy) is 1. The summed E-state index contributed by atoms with van der Waals surface area (Å²) in [5.41, 5.74) is 7.91. The molecule has 1 fully saturated rings. The van der Waals surface area contributed by atoms with Gasteiger partial charge in [0, 0.05) is 16.8 Å². The zero-order valence-electron chi connectivity index (χ0n) is 13.4. The van der Waals surface area contributed by atoms with Gasteiger partial charge in [-0.25, -0.2) is 10.9 Å². The maximum Gasteiger partial charge on any atom is 0.242 e. The maximum absolute atomic E-state index is 12.4. The first-order valence-electron chi connectivity index (χ1n) is 7.96. The molecule has 24 heavy (non-hydrogen) atoms. The lowest BCUT2D eigenvalue weighted by molar-refractivity contribution is -0.117. The summed E-state index contributed by atoms with van der Waals surface area (Å²) >= 11 is 6.22. The first-order valence-corrected chi connectivity index (χ1v) is 8.34. The predicted octanol–water partition coefficient (Wildman–Crippen LogP) is 3.29. The van der Waals surface area contributed by atoms with Crippen molar-refractivity contribution in [3.05, 3.63) is 59.1 Å². The van der Waals surface area contributed by atoms with E-state index in [9.17, 15) is 4.79 Å². The number of carbonyl (C=O) groups is 1. The highest BCUT2D eigenvalue weighted by Crippen LogP contribution is 2.28. The second-order valence-electron chi connectivity index (χ2n) is 5.60. The van der Waals surface area contributed by atoms with Crippen LogP contribution in [-0.2, 0) is 4.79 Å². The van der Waals surface area contributed by atoms with E-state index < -0.39 is 0 Å². The van der Waals surface area contributed by atoms with Crippen LogP contribution in [0.4, 0.5) is 5.69 Å². The van der Waals surface area contributed by atoms with Gasteiger partial charge in [-0.2, -0.15) is 0 Å².